The van der Waals surface area contributed by atoms with Gasteiger partial charge in [0.25, 0.3) is 5.69 Å². The van der Waals surface area contributed by atoms with Crippen molar-refractivity contribution in [3.05, 3.63) is 118 Å². The van der Waals surface area contributed by atoms with Gasteiger partial charge in [-0.1, -0.05) is 60.7 Å². The Kier molecular flexibility index (Phi) is 7.46. The van der Waals surface area contributed by atoms with Crippen LogP contribution in [-0.4, -0.2) is 43.1 Å². The number of rotatable bonds is 8. The van der Waals surface area contributed by atoms with E-state index < -0.39 is 4.92 Å². The van der Waals surface area contributed by atoms with Gasteiger partial charge in [0.1, 0.15) is 5.82 Å². The number of hydrogen-bond donors (Lipinski definition) is 1. The third-order valence-corrected chi connectivity index (χ3v) is 6.79. The van der Waals surface area contributed by atoms with Crippen molar-refractivity contribution in [3.63, 3.8) is 0 Å². The van der Waals surface area contributed by atoms with Crippen molar-refractivity contribution in [3.8, 4) is 33.9 Å². The van der Waals surface area contributed by atoms with Crippen LogP contribution < -0.4 is 9.80 Å². The van der Waals surface area contributed by atoms with E-state index in [1.807, 2.05) is 64.6 Å². The standard InChI is InChI=1S/C33H31N5O2/c1-36(2)28-19-13-25(14-20-28)31-32(26-15-21-29(22-16-26)37(3)4)35-33(34-31)27-11-7-23(8-12-27)5-6-24-9-17-30(18-10-24)38(39)40/h5-22H,1-4H3,(H,34,35)/b6-5+. The van der Waals surface area contributed by atoms with Crippen LogP contribution in [0.4, 0.5) is 17.1 Å². The van der Waals surface area contributed by atoms with E-state index in [0.29, 0.717) is 0 Å². The van der Waals surface area contributed by atoms with Crippen molar-refractivity contribution in [2.24, 2.45) is 0 Å². The number of aromatic nitrogens is 2. The number of nitro groups is 1. The van der Waals surface area contributed by atoms with Gasteiger partial charge in [-0.3, -0.25) is 10.1 Å². The highest BCUT2D eigenvalue weighted by Gasteiger charge is 2.16. The Labute approximate surface area is 234 Å². The lowest BCUT2D eigenvalue weighted by Crippen LogP contribution is -2.08. The maximum atomic E-state index is 10.9. The Bertz CT molecular complexity index is 1560. The first-order valence-corrected chi connectivity index (χ1v) is 13.0. The molecule has 0 atom stereocenters. The van der Waals surface area contributed by atoms with Crippen LogP contribution in [0.15, 0.2) is 97.1 Å². The van der Waals surface area contributed by atoms with E-state index in [-0.39, 0.29) is 5.69 Å². The van der Waals surface area contributed by atoms with Crippen LogP contribution in [0.3, 0.4) is 0 Å². The molecule has 0 saturated heterocycles. The number of anilines is 2. The Hall–Kier alpha value is -5.17. The van der Waals surface area contributed by atoms with Crippen LogP contribution >= 0.6 is 0 Å². The first kappa shape index (κ1) is 26.4. The van der Waals surface area contributed by atoms with Gasteiger partial charge in [-0.15, -0.1) is 0 Å². The Balaban J connectivity index is 1.46. The molecule has 1 N–H and O–H groups in total. The maximum Gasteiger partial charge on any atom is 0.269 e. The van der Waals surface area contributed by atoms with Gasteiger partial charge in [0.15, 0.2) is 0 Å². The molecule has 0 aliphatic carbocycles. The van der Waals surface area contributed by atoms with Gasteiger partial charge < -0.3 is 14.8 Å². The number of benzene rings is 4. The lowest BCUT2D eigenvalue weighted by molar-refractivity contribution is -0.384. The predicted octanol–water partition coefficient (Wildman–Crippen LogP) is 7.62. The molecule has 0 amide bonds. The molecule has 0 fully saturated rings. The molecule has 4 aromatic carbocycles. The second kappa shape index (κ2) is 11.3. The van der Waals surface area contributed by atoms with Gasteiger partial charge in [-0.2, -0.15) is 0 Å². The van der Waals surface area contributed by atoms with Crippen LogP contribution in [0, 0.1) is 10.1 Å². The summed E-state index contributed by atoms with van der Waals surface area (Å²) in [6.45, 7) is 0. The first-order chi connectivity index (χ1) is 19.3. The molecule has 0 radical (unpaired) electrons. The first-order valence-electron chi connectivity index (χ1n) is 13.0. The SMILES string of the molecule is CN(C)c1ccc(-c2nc(-c3ccc(/C=C/c4ccc([N+](=O)[O-])cc4)cc3)[nH]c2-c2ccc(N(C)C)cc2)cc1. The van der Waals surface area contributed by atoms with E-state index >= 15 is 0 Å². The van der Waals surface area contributed by atoms with Crippen molar-refractivity contribution >= 4 is 29.2 Å². The highest BCUT2D eigenvalue weighted by atomic mass is 16.6. The van der Waals surface area contributed by atoms with Gasteiger partial charge in [-0.05, 0) is 47.5 Å². The molecule has 1 heterocycles. The van der Waals surface area contributed by atoms with Gasteiger partial charge in [0.05, 0.1) is 16.3 Å². The summed E-state index contributed by atoms with van der Waals surface area (Å²) in [5.74, 6) is 0.796. The van der Waals surface area contributed by atoms with Gasteiger partial charge in [-0.25, -0.2) is 4.98 Å². The van der Waals surface area contributed by atoms with E-state index in [2.05, 4.69) is 63.3 Å². The molecule has 0 unspecified atom stereocenters. The summed E-state index contributed by atoms with van der Waals surface area (Å²) < 4.78 is 0. The smallest absolute Gasteiger partial charge is 0.269 e. The molecule has 7 heteroatoms. The minimum atomic E-state index is -0.394. The average molecular weight is 530 g/mol. The topological polar surface area (TPSA) is 78.3 Å². The van der Waals surface area contributed by atoms with Crippen LogP contribution in [0.25, 0.3) is 46.1 Å². The molecule has 5 rings (SSSR count). The summed E-state index contributed by atoms with van der Waals surface area (Å²) in [7, 11) is 8.13. The normalized spacial score (nSPS) is 11.1. The fourth-order valence-electron chi connectivity index (χ4n) is 4.42. The van der Waals surface area contributed by atoms with E-state index in [1.54, 1.807) is 12.1 Å². The van der Waals surface area contributed by atoms with Crippen molar-refractivity contribution in [1.82, 2.24) is 9.97 Å². The molecule has 0 aliphatic rings. The number of non-ortho nitro benzene ring substituents is 1. The fourth-order valence-corrected chi connectivity index (χ4v) is 4.42. The number of aromatic amines is 1. The Morgan fingerprint density at radius 3 is 1.57 bits per heavy atom. The number of H-pyrrole nitrogens is 1. The van der Waals surface area contributed by atoms with Crippen molar-refractivity contribution in [1.29, 1.82) is 0 Å². The lowest BCUT2D eigenvalue weighted by Gasteiger charge is -2.13. The largest absolute Gasteiger partial charge is 0.378 e. The molecule has 0 spiro atoms. The van der Waals surface area contributed by atoms with Crippen molar-refractivity contribution in [2.45, 2.75) is 0 Å². The molecule has 1 aromatic heterocycles. The van der Waals surface area contributed by atoms with Crippen LogP contribution in [-0.2, 0) is 0 Å². The molecule has 40 heavy (non-hydrogen) atoms. The maximum absolute atomic E-state index is 10.9. The molecular formula is C33H31N5O2. The number of nitrogens with zero attached hydrogens (tertiary/aromatic N) is 4. The third-order valence-electron chi connectivity index (χ3n) is 6.79. The van der Waals surface area contributed by atoms with Gasteiger partial charge in [0.2, 0.25) is 0 Å². The zero-order valence-corrected chi connectivity index (χ0v) is 23.0. The lowest BCUT2D eigenvalue weighted by atomic mass is 10.0. The molecular weight excluding hydrogens is 498 g/mol. The second-order valence-corrected chi connectivity index (χ2v) is 10.00. The molecule has 0 saturated carbocycles. The summed E-state index contributed by atoms with van der Waals surface area (Å²) in [5.41, 5.74) is 9.24. The van der Waals surface area contributed by atoms with E-state index in [9.17, 15) is 10.1 Å². The summed E-state index contributed by atoms with van der Waals surface area (Å²) in [6.07, 6.45) is 3.93. The molecule has 0 aliphatic heterocycles. The summed E-state index contributed by atoms with van der Waals surface area (Å²) in [5, 5.41) is 10.9. The quantitative estimate of drug-likeness (QED) is 0.127. The minimum absolute atomic E-state index is 0.0842. The van der Waals surface area contributed by atoms with Crippen LogP contribution in [0.2, 0.25) is 0 Å². The highest BCUT2D eigenvalue weighted by Crippen LogP contribution is 2.34. The molecule has 0 bridgehead atoms. The van der Waals surface area contributed by atoms with Crippen LogP contribution in [0.1, 0.15) is 11.1 Å². The van der Waals surface area contributed by atoms with E-state index in [4.69, 9.17) is 4.98 Å². The average Bonchev–Trinajstić information content (AvgIpc) is 3.42. The van der Waals surface area contributed by atoms with E-state index in [0.717, 1.165) is 56.4 Å². The zero-order chi connectivity index (χ0) is 28.2. The number of nitrogens with one attached hydrogen (secondary N) is 1. The number of hydrogen-bond acceptors (Lipinski definition) is 5. The van der Waals surface area contributed by atoms with Crippen molar-refractivity contribution in [2.75, 3.05) is 38.0 Å². The summed E-state index contributed by atoms with van der Waals surface area (Å²) in [6, 6.07) is 31.6. The highest BCUT2D eigenvalue weighted by molar-refractivity contribution is 5.82. The number of imidazole rings is 1. The zero-order valence-electron chi connectivity index (χ0n) is 23.0. The van der Waals surface area contributed by atoms with Gasteiger partial charge >= 0.3 is 0 Å². The fraction of sp³-hybridized carbons (Fsp3) is 0.121. The second-order valence-electron chi connectivity index (χ2n) is 10.00. The molecule has 7 nitrogen and oxygen atoms in total. The number of nitro benzene ring substituents is 1. The van der Waals surface area contributed by atoms with Crippen LogP contribution in [0.5, 0.6) is 0 Å². The molecule has 5 aromatic rings. The predicted molar refractivity (Wildman–Crippen MR) is 166 cm³/mol. The monoisotopic (exact) mass is 529 g/mol. The minimum Gasteiger partial charge on any atom is -0.378 e. The third kappa shape index (κ3) is 5.78. The molecule has 200 valence electrons. The Morgan fingerprint density at radius 1 is 0.650 bits per heavy atom. The summed E-state index contributed by atoms with van der Waals surface area (Å²) >= 11 is 0. The summed E-state index contributed by atoms with van der Waals surface area (Å²) in [4.78, 5) is 23.3. The Morgan fingerprint density at radius 2 is 1.10 bits per heavy atom. The van der Waals surface area contributed by atoms with Crippen molar-refractivity contribution < 1.29 is 4.92 Å². The van der Waals surface area contributed by atoms with Gasteiger partial charge in [0, 0.05) is 68.4 Å². The van der Waals surface area contributed by atoms with E-state index in [1.165, 1.54) is 12.1 Å².